The number of ether oxygens (including phenoxy) is 1. The number of aryl methyl sites for hydroxylation is 1. The minimum absolute atomic E-state index is 0.109. The predicted molar refractivity (Wildman–Crippen MR) is 99.9 cm³/mol. The average Bonchev–Trinajstić information content (AvgIpc) is 3.11. The van der Waals surface area contributed by atoms with E-state index in [9.17, 15) is 13.6 Å². The van der Waals surface area contributed by atoms with Crippen molar-refractivity contribution in [1.82, 2.24) is 20.2 Å². The van der Waals surface area contributed by atoms with Crippen LogP contribution in [0.25, 0.3) is 0 Å². The summed E-state index contributed by atoms with van der Waals surface area (Å²) in [5.41, 5.74) is 0.688. The molecule has 6 nitrogen and oxygen atoms in total. The maximum Gasteiger partial charge on any atom is 0.315 e. The number of hydrogen-bond acceptors (Lipinski definition) is 3. The van der Waals surface area contributed by atoms with E-state index in [4.69, 9.17) is 4.74 Å². The van der Waals surface area contributed by atoms with Crippen LogP contribution in [0, 0.1) is 11.6 Å². The molecular weight excluding hydrogens is 366 g/mol. The van der Waals surface area contributed by atoms with E-state index in [0.717, 1.165) is 0 Å². The molecule has 0 bridgehead atoms. The number of carbonyl (C=O) groups is 1. The highest BCUT2D eigenvalue weighted by atomic mass is 19.1. The van der Waals surface area contributed by atoms with Crippen LogP contribution in [0.1, 0.15) is 17.4 Å². The molecule has 2 amide bonds. The second-order valence-corrected chi connectivity index (χ2v) is 6.06. The summed E-state index contributed by atoms with van der Waals surface area (Å²) in [4.78, 5) is 16.6. The third-order valence-electron chi connectivity index (χ3n) is 4.08. The SMILES string of the molecule is Cn1ccnc1C(NC(=O)NCCOc1ccccc1F)c1ccc(F)cc1. The van der Waals surface area contributed by atoms with Crippen LogP contribution in [0.5, 0.6) is 5.75 Å². The highest BCUT2D eigenvalue weighted by Gasteiger charge is 2.20. The van der Waals surface area contributed by atoms with Gasteiger partial charge in [-0.1, -0.05) is 24.3 Å². The normalized spacial score (nSPS) is 11.7. The molecule has 1 unspecified atom stereocenters. The van der Waals surface area contributed by atoms with E-state index in [0.29, 0.717) is 11.4 Å². The van der Waals surface area contributed by atoms with E-state index in [1.54, 1.807) is 48.3 Å². The van der Waals surface area contributed by atoms with Gasteiger partial charge in [0, 0.05) is 19.4 Å². The minimum atomic E-state index is -0.562. The minimum Gasteiger partial charge on any atom is -0.489 e. The second kappa shape index (κ2) is 8.98. The molecule has 146 valence electrons. The Morgan fingerprint density at radius 3 is 2.61 bits per heavy atom. The molecule has 2 N–H and O–H groups in total. The lowest BCUT2D eigenvalue weighted by molar-refractivity contribution is 0.233. The second-order valence-electron chi connectivity index (χ2n) is 6.06. The highest BCUT2D eigenvalue weighted by Crippen LogP contribution is 2.20. The Kier molecular flexibility index (Phi) is 6.21. The number of imidazole rings is 1. The molecule has 0 fully saturated rings. The molecule has 1 atom stereocenters. The largest absolute Gasteiger partial charge is 0.489 e. The lowest BCUT2D eigenvalue weighted by Gasteiger charge is -2.19. The van der Waals surface area contributed by atoms with Gasteiger partial charge in [0.1, 0.15) is 24.3 Å². The van der Waals surface area contributed by atoms with Crippen molar-refractivity contribution >= 4 is 6.03 Å². The Morgan fingerprint density at radius 2 is 1.93 bits per heavy atom. The Labute approximate surface area is 161 Å². The fourth-order valence-corrected chi connectivity index (χ4v) is 2.68. The molecule has 0 saturated heterocycles. The molecule has 3 aromatic rings. The van der Waals surface area contributed by atoms with E-state index in [1.807, 2.05) is 0 Å². The van der Waals surface area contributed by atoms with Crippen molar-refractivity contribution in [3.05, 3.63) is 83.9 Å². The lowest BCUT2D eigenvalue weighted by Crippen LogP contribution is -2.40. The number of carbonyl (C=O) groups excluding carboxylic acids is 1. The third kappa shape index (κ3) is 4.85. The summed E-state index contributed by atoms with van der Waals surface area (Å²) < 4.78 is 33.8. The van der Waals surface area contributed by atoms with Crippen molar-refractivity contribution in [2.45, 2.75) is 6.04 Å². The fourth-order valence-electron chi connectivity index (χ4n) is 2.68. The van der Waals surface area contributed by atoms with Crippen LogP contribution in [-0.2, 0) is 7.05 Å². The van der Waals surface area contributed by atoms with Crippen LogP contribution in [0.4, 0.5) is 13.6 Å². The van der Waals surface area contributed by atoms with Crippen molar-refractivity contribution in [1.29, 1.82) is 0 Å². The van der Waals surface area contributed by atoms with Gasteiger partial charge >= 0.3 is 6.03 Å². The summed E-state index contributed by atoms with van der Waals surface area (Å²) in [7, 11) is 1.81. The quantitative estimate of drug-likeness (QED) is 0.613. The highest BCUT2D eigenvalue weighted by molar-refractivity contribution is 5.74. The lowest BCUT2D eigenvalue weighted by atomic mass is 10.1. The predicted octanol–water partition coefficient (Wildman–Crippen LogP) is 3.17. The number of amides is 2. The van der Waals surface area contributed by atoms with Crippen LogP contribution in [0.2, 0.25) is 0 Å². The third-order valence-corrected chi connectivity index (χ3v) is 4.08. The number of hydrogen-bond donors (Lipinski definition) is 2. The van der Waals surface area contributed by atoms with Gasteiger partial charge in [-0.15, -0.1) is 0 Å². The molecule has 1 aromatic heterocycles. The van der Waals surface area contributed by atoms with Crippen LogP contribution in [0.3, 0.4) is 0 Å². The molecule has 8 heteroatoms. The van der Waals surface area contributed by atoms with Crippen molar-refractivity contribution in [2.24, 2.45) is 7.05 Å². The maximum atomic E-state index is 13.5. The molecule has 3 rings (SSSR count). The Bertz CT molecular complexity index is 928. The van der Waals surface area contributed by atoms with Crippen LogP contribution < -0.4 is 15.4 Å². The molecule has 1 heterocycles. The van der Waals surface area contributed by atoms with Gasteiger partial charge in [0.05, 0.1) is 6.54 Å². The van der Waals surface area contributed by atoms with Crippen molar-refractivity contribution in [3.8, 4) is 5.75 Å². The van der Waals surface area contributed by atoms with Crippen LogP contribution in [0.15, 0.2) is 60.9 Å². The van der Waals surface area contributed by atoms with Crippen molar-refractivity contribution < 1.29 is 18.3 Å². The van der Waals surface area contributed by atoms with Gasteiger partial charge in [0.2, 0.25) is 0 Å². The summed E-state index contributed by atoms with van der Waals surface area (Å²) in [5, 5.41) is 5.48. The Morgan fingerprint density at radius 1 is 1.18 bits per heavy atom. The van der Waals surface area contributed by atoms with Gasteiger partial charge in [-0.3, -0.25) is 0 Å². The molecule has 2 aromatic carbocycles. The number of benzene rings is 2. The zero-order valence-electron chi connectivity index (χ0n) is 15.2. The fraction of sp³-hybridized carbons (Fsp3) is 0.200. The number of aromatic nitrogens is 2. The molecule has 28 heavy (non-hydrogen) atoms. The summed E-state index contributed by atoms with van der Waals surface area (Å²) in [6.45, 7) is 0.287. The van der Waals surface area contributed by atoms with Crippen molar-refractivity contribution in [3.63, 3.8) is 0 Å². The topological polar surface area (TPSA) is 68.2 Å². The molecule has 0 aliphatic heterocycles. The van der Waals surface area contributed by atoms with Gasteiger partial charge in [-0.2, -0.15) is 0 Å². The average molecular weight is 386 g/mol. The zero-order chi connectivity index (χ0) is 19.9. The Balaban J connectivity index is 1.59. The van der Waals surface area contributed by atoms with Gasteiger partial charge < -0.3 is 19.9 Å². The van der Waals surface area contributed by atoms with E-state index in [-0.39, 0.29) is 24.7 Å². The first-order valence-corrected chi connectivity index (χ1v) is 8.69. The number of urea groups is 1. The van der Waals surface area contributed by atoms with E-state index >= 15 is 0 Å². The Hall–Kier alpha value is -3.42. The van der Waals surface area contributed by atoms with Gasteiger partial charge in [-0.05, 0) is 29.8 Å². The van der Waals surface area contributed by atoms with Crippen molar-refractivity contribution in [2.75, 3.05) is 13.2 Å². The first-order valence-electron chi connectivity index (χ1n) is 8.69. The van der Waals surface area contributed by atoms with E-state index in [1.165, 1.54) is 24.3 Å². The molecule has 0 radical (unpaired) electrons. The molecule has 0 saturated carbocycles. The van der Waals surface area contributed by atoms with Gasteiger partial charge in [0.15, 0.2) is 11.6 Å². The molecule has 0 spiro atoms. The summed E-state index contributed by atoms with van der Waals surface area (Å²) in [5.74, 6) is -0.0959. The zero-order valence-corrected chi connectivity index (χ0v) is 15.2. The summed E-state index contributed by atoms with van der Waals surface area (Å²) >= 11 is 0. The monoisotopic (exact) mass is 386 g/mol. The number of nitrogens with one attached hydrogen (secondary N) is 2. The van der Waals surface area contributed by atoms with Crippen LogP contribution in [-0.4, -0.2) is 28.7 Å². The standard InChI is InChI=1S/C20H20F2N4O2/c1-26-12-10-23-19(26)18(14-6-8-15(21)9-7-14)25-20(27)24-11-13-28-17-5-3-2-4-16(17)22/h2-10,12,18H,11,13H2,1H3,(H2,24,25,27). The maximum absolute atomic E-state index is 13.5. The van der Waals surface area contributed by atoms with E-state index < -0.39 is 17.9 Å². The van der Waals surface area contributed by atoms with Crippen LogP contribution >= 0.6 is 0 Å². The number of rotatable bonds is 7. The van der Waals surface area contributed by atoms with Gasteiger partial charge in [-0.25, -0.2) is 18.6 Å². The first-order chi connectivity index (χ1) is 13.5. The number of halogens is 2. The summed E-state index contributed by atoms with van der Waals surface area (Å²) in [6, 6.07) is 10.9. The van der Waals surface area contributed by atoms with Gasteiger partial charge in [0.25, 0.3) is 0 Å². The number of nitrogens with zero attached hydrogens (tertiary/aromatic N) is 2. The molecule has 0 aliphatic rings. The molecule has 0 aliphatic carbocycles. The molecular formula is C20H20F2N4O2. The smallest absolute Gasteiger partial charge is 0.315 e. The summed E-state index contributed by atoms with van der Waals surface area (Å²) in [6.07, 6.45) is 3.38. The first kappa shape index (κ1) is 19.3. The number of para-hydroxylation sites is 1. The van der Waals surface area contributed by atoms with E-state index in [2.05, 4.69) is 15.6 Å².